The molecule has 0 saturated carbocycles. The molecule has 2 heterocycles. The Labute approximate surface area is 169 Å². The minimum absolute atomic E-state index is 0.382. The summed E-state index contributed by atoms with van der Waals surface area (Å²) in [5.41, 5.74) is 2.25. The molecule has 0 radical (unpaired) electrons. The number of unbranched alkanes of at least 4 members (excludes halogenated alkanes) is 2. The summed E-state index contributed by atoms with van der Waals surface area (Å²) in [6.07, 6.45) is 8.72. The van der Waals surface area contributed by atoms with E-state index >= 15 is 0 Å². The predicted molar refractivity (Wildman–Crippen MR) is 116 cm³/mol. The molecule has 0 spiro atoms. The van der Waals surface area contributed by atoms with E-state index in [1.165, 1.54) is 75.9 Å². The Morgan fingerprint density at radius 3 is 2.56 bits per heavy atom. The zero-order valence-electron chi connectivity index (χ0n) is 17.0. The van der Waals surface area contributed by atoms with Gasteiger partial charge in [0, 0.05) is 11.6 Å². The van der Waals surface area contributed by atoms with Gasteiger partial charge in [-0.1, -0.05) is 38.3 Å². The summed E-state index contributed by atoms with van der Waals surface area (Å²) in [6, 6.07) is 6.51. The molecule has 1 saturated heterocycles. The van der Waals surface area contributed by atoms with E-state index in [1.807, 2.05) is 12.1 Å². The van der Waals surface area contributed by atoms with Gasteiger partial charge in [-0.15, -0.1) is 0 Å². The number of nitrogens with one attached hydrogen (secondary N) is 1. The van der Waals surface area contributed by atoms with E-state index in [1.54, 1.807) is 0 Å². The van der Waals surface area contributed by atoms with E-state index in [-0.39, 0.29) is 0 Å². The Bertz CT molecular complexity index is 698. The molecule has 1 unspecified atom stereocenters. The summed E-state index contributed by atoms with van der Waals surface area (Å²) in [5.74, 6) is 1.19. The Hall–Kier alpha value is -1.10. The monoisotopic (exact) mass is 390 g/mol. The number of nitrogens with zero attached hydrogens (tertiary/aromatic N) is 3. The number of hydrogen-bond acceptors (Lipinski definition) is 3. The largest absolute Gasteiger partial charge is 0.327 e. The molecular formula is C22H35ClN4. The second-order valence-electron chi connectivity index (χ2n) is 7.81. The first-order chi connectivity index (χ1) is 13.2. The fourth-order valence-corrected chi connectivity index (χ4v) is 4.25. The molecular weight excluding hydrogens is 356 g/mol. The van der Waals surface area contributed by atoms with Crippen molar-refractivity contribution in [1.29, 1.82) is 0 Å². The number of aromatic nitrogens is 2. The Balaban J connectivity index is 1.71. The second kappa shape index (κ2) is 10.4. The first-order valence-electron chi connectivity index (χ1n) is 10.8. The standard InChI is InChI=1S/C22H35ClN4/c1-3-5-13-26(14-6-4-2)15-8-16-27-21-11-10-18(23)17-20(21)25-22(27)19-9-7-12-24-19/h10-11,17,19,24H,3-9,12-16H2,1-2H3. The molecule has 27 heavy (non-hydrogen) atoms. The highest BCUT2D eigenvalue weighted by Gasteiger charge is 2.23. The van der Waals surface area contributed by atoms with Gasteiger partial charge in [-0.3, -0.25) is 0 Å². The van der Waals surface area contributed by atoms with Gasteiger partial charge in [-0.2, -0.15) is 0 Å². The zero-order valence-corrected chi connectivity index (χ0v) is 17.8. The van der Waals surface area contributed by atoms with Gasteiger partial charge in [-0.05, 0) is 76.5 Å². The third-order valence-electron chi connectivity index (χ3n) is 5.62. The van der Waals surface area contributed by atoms with E-state index in [2.05, 4.69) is 34.7 Å². The first kappa shape index (κ1) is 20.6. The third-order valence-corrected chi connectivity index (χ3v) is 5.86. The van der Waals surface area contributed by atoms with Crippen LogP contribution in [0, 0.1) is 0 Å². The van der Waals surface area contributed by atoms with Crippen LogP contribution in [0.1, 0.15) is 70.7 Å². The highest BCUT2D eigenvalue weighted by atomic mass is 35.5. The van der Waals surface area contributed by atoms with Crippen molar-refractivity contribution in [1.82, 2.24) is 19.8 Å². The molecule has 2 aromatic rings. The van der Waals surface area contributed by atoms with Gasteiger partial charge in [0.2, 0.25) is 0 Å². The number of aryl methyl sites for hydroxylation is 1. The lowest BCUT2D eigenvalue weighted by Crippen LogP contribution is -2.28. The minimum Gasteiger partial charge on any atom is -0.327 e. The fraction of sp³-hybridized carbons (Fsp3) is 0.682. The number of halogens is 1. The van der Waals surface area contributed by atoms with E-state index in [0.717, 1.165) is 23.6 Å². The minimum atomic E-state index is 0.382. The number of imidazole rings is 1. The van der Waals surface area contributed by atoms with Crippen molar-refractivity contribution in [2.75, 3.05) is 26.2 Å². The lowest BCUT2D eigenvalue weighted by Gasteiger charge is -2.22. The van der Waals surface area contributed by atoms with E-state index in [4.69, 9.17) is 16.6 Å². The van der Waals surface area contributed by atoms with Gasteiger partial charge >= 0.3 is 0 Å². The number of benzene rings is 1. The van der Waals surface area contributed by atoms with Crippen LogP contribution in [0.15, 0.2) is 18.2 Å². The Kier molecular flexibility index (Phi) is 7.98. The molecule has 0 aliphatic carbocycles. The topological polar surface area (TPSA) is 33.1 Å². The van der Waals surface area contributed by atoms with Crippen molar-refractivity contribution in [2.45, 2.75) is 71.4 Å². The van der Waals surface area contributed by atoms with Crippen molar-refractivity contribution in [3.63, 3.8) is 0 Å². The SMILES string of the molecule is CCCCN(CCCC)CCCn1c(C2CCCN2)nc2cc(Cl)ccc21. The van der Waals surface area contributed by atoms with E-state index < -0.39 is 0 Å². The molecule has 1 aromatic carbocycles. The number of fused-ring (bicyclic) bond motifs is 1. The van der Waals surface area contributed by atoms with Gasteiger partial charge in [-0.25, -0.2) is 4.98 Å². The summed E-state index contributed by atoms with van der Waals surface area (Å²) in [5, 5.41) is 4.38. The summed E-state index contributed by atoms with van der Waals surface area (Å²) < 4.78 is 2.44. The van der Waals surface area contributed by atoms with Crippen LogP contribution in [0.25, 0.3) is 11.0 Å². The molecule has 1 fully saturated rings. The van der Waals surface area contributed by atoms with Gasteiger partial charge in [0.15, 0.2) is 0 Å². The molecule has 1 aliphatic heterocycles. The van der Waals surface area contributed by atoms with Crippen molar-refractivity contribution in [2.24, 2.45) is 0 Å². The molecule has 3 rings (SSSR count). The van der Waals surface area contributed by atoms with Crippen LogP contribution in [-0.2, 0) is 6.54 Å². The van der Waals surface area contributed by atoms with Crippen molar-refractivity contribution in [3.8, 4) is 0 Å². The van der Waals surface area contributed by atoms with Crippen LogP contribution in [0.4, 0.5) is 0 Å². The normalized spacial score (nSPS) is 17.4. The van der Waals surface area contributed by atoms with Crippen LogP contribution < -0.4 is 5.32 Å². The first-order valence-corrected chi connectivity index (χ1v) is 11.2. The van der Waals surface area contributed by atoms with E-state index in [0.29, 0.717) is 6.04 Å². The van der Waals surface area contributed by atoms with Gasteiger partial charge in [0.25, 0.3) is 0 Å². The maximum atomic E-state index is 6.21. The maximum absolute atomic E-state index is 6.21. The number of rotatable bonds is 11. The fourth-order valence-electron chi connectivity index (χ4n) is 4.08. The smallest absolute Gasteiger partial charge is 0.127 e. The lowest BCUT2D eigenvalue weighted by atomic mass is 10.2. The molecule has 5 heteroatoms. The molecule has 150 valence electrons. The molecule has 1 aromatic heterocycles. The highest BCUT2D eigenvalue weighted by Crippen LogP contribution is 2.28. The van der Waals surface area contributed by atoms with Gasteiger partial charge < -0.3 is 14.8 Å². The third kappa shape index (κ3) is 5.46. The average molecular weight is 391 g/mol. The summed E-state index contributed by atoms with van der Waals surface area (Å²) in [4.78, 5) is 7.60. The summed E-state index contributed by atoms with van der Waals surface area (Å²) >= 11 is 6.21. The molecule has 0 bridgehead atoms. The molecule has 1 N–H and O–H groups in total. The zero-order chi connectivity index (χ0) is 19.1. The lowest BCUT2D eigenvalue weighted by molar-refractivity contribution is 0.257. The van der Waals surface area contributed by atoms with Crippen LogP contribution >= 0.6 is 11.6 Å². The summed E-state index contributed by atoms with van der Waals surface area (Å²) in [7, 11) is 0. The molecule has 1 atom stereocenters. The quantitative estimate of drug-likeness (QED) is 0.557. The van der Waals surface area contributed by atoms with Crippen molar-refractivity contribution in [3.05, 3.63) is 29.0 Å². The number of hydrogen-bond donors (Lipinski definition) is 1. The Morgan fingerprint density at radius 2 is 1.89 bits per heavy atom. The van der Waals surface area contributed by atoms with Crippen LogP contribution in [0.3, 0.4) is 0 Å². The molecule has 0 amide bonds. The summed E-state index contributed by atoms with van der Waals surface area (Å²) in [6.45, 7) is 10.3. The van der Waals surface area contributed by atoms with Crippen molar-refractivity contribution < 1.29 is 0 Å². The predicted octanol–water partition coefficient (Wildman–Crippen LogP) is 5.41. The Morgan fingerprint density at radius 1 is 1.15 bits per heavy atom. The van der Waals surface area contributed by atoms with Crippen LogP contribution in [-0.4, -0.2) is 40.6 Å². The average Bonchev–Trinajstić information content (AvgIpc) is 3.31. The second-order valence-corrected chi connectivity index (χ2v) is 8.24. The van der Waals surface area contributed by atoms with E-state index in [9.17, 15) is 0 Å². The highest BCUT2D eigenvalue weighted by molar-refractivity contribution is 6.31. The van der Waals surface area contributed by atoms with Gasteiger partial charge in [0.1, 0.15) is 5.82 Å². The van der Waals surface area contributed by atoms with Crippen LogP contribution in [0.2, 0.25) is 5.02 Å². The van der Waals surface area contributed by atoms with Crippen molar-refractivity contribution >= 4 is 22.6 Å². The molecule has 4 nitrogen and oxygen atoms in total. The van der Waals surface area contributed by atoms with Crippen LogP contribution in [0.5, 0.6) is 0 Å². The molecule has 1 aliphatic rings. The maximum Gasteiger partial charge on any atom is 0.127 e. The van der Waals surface area contributed by atoms with Gasteiger partial charge in [0.05, 0.1) is 17.1 Å².